The van der Waals surface area contributed by atoms with E-state index in [-0.39, 0.29) is 11.3 Å². The Balaban J connectivity index is 1.75. The number of nitrogens with one attached hydrogen (secondary N) is 1. The molecule has 1 heterocycles. The van der Waals surface area contributed by atoms with Crippen molar-refractivity contribution in [3.8, 4) is 21.7 Å². The van der Waals surface area contributed by atoms with Gasteiger partial charge in [-0.15, -0.1) is 0 Å². The highest BCUT2D eigenvalue weighted by Crippen LogP contribution is 2.42. The molecule has 0 bridgehead atoms. The standard InChI is InChI=1S/C21H23N3O2S2/c1-2-28(25,26)24-20-23-18(19(27-20)16-7-4-3-5-8-16)15-9-11-17(12-10-15)21(22)13-6-14-21/h3-5,7-12H,2,6,13-14,22H2,1H3,(H,23,24). The van der Waals surface area contributed by atoms with Gasteiger partial charge in [-0.2, -0.15) is 0 Å². The van der Waals surface area contributed by atoms with E-state index < -0.39 is 10.0 Å². The first kappa shape index (κ1) is 19.1. The highest BCUT2D eigenvalue weighted by atomic mass is 32.2. The molecule has 0 spiro atoms. The van der Waals surface area contributed by atoms with Crippen LogP contribution in [0.2, 0.25) is 0 Å². The summed E-state index contributed by atoms with van der Waals surface area (Å²) in [6.07, 6.45) is 3.20. The van der Waals surface area contributed by atoms with Crippen LogP contribution in [0.4, 0.5) is 5.13 Å². The Morgan fingerprint density at radius 1 is 1.07 bits per heavy atom. The molecule has 3 aromatic rings. The third-order valence-corrected chi connectivity index (χ3v) is 7.68. The van der Waals surface area contributed by atoms with E-state index in [2.05, 4.69) is 21.8 Å². The van der Waals surface area contributed by atoms with Crippen LogP contribution in [0.15, 0.2) is 54.6 Å². The van der Waals surface area contributed by atoms with Crippen molar-refractivity contribution < 1.29 is 8.42 Å². The molecule has 0 saturated heterocycles. The fraction of sp³-hybridized carbons (Fsp3) is 0.286. The lowest BCUT2D eigenvalue weighted by Gasteiger charge is -2.38. The van der Waals surface area contributed by atoms with Crippen molar-refractivity contribution in [2.24, 2.45) is 5.73 Å². The smallest absolute Gasteiger partial charge is 0.234 e. The minimum absolute atomic E-state index is 0.00978. The summed E-state index contributed by atoms with van der Waals surface area (Å²) in [5.74, 6) is 0.00978. The Labute approximate surface area is 169 Å². The molecular weight excluding hydrogens is 390 g/mol. The number of sulfonamides is 1. The van der Waals surface area contributed by atoms with Crippen LogP contribution in [-0.2, 0) is 15.6 Å². The van der Waals surface area contributed by atoms with Gasteiger partial charge in [0.1, 0.15) is 0 Å². The van der Waals surface area contributed by atoms with Gasteiger partial charge in [0.15, 0.2) is 5.13 Å². The zero-order valence-corrected chi connectivity index (χ0v) is 17.3. The molecule has 5 nitrogen and oxygen atoms in total. The topological polar surface area (TPSA) is 85.1 Å². The Morgan fingerprint density at radius 3 is 2.32 bits per heavy atom. The normalized spacial score (nSPS) is 15.8. The predicted octanol–water partition coefficient (Wildman–Crippen LogP) is 4.58. The molecule has 0 aliphatic heterocycles. The molecule has 1 saturated carbocycles. The van der Waals surface area contributed by atoms with Crippen molar-refractivity contribution in [2.45, 2.75) is 31.7 Å². The summed E-state index contributed by atoms with van der Waals surface area (Å²) in [7, 11) is -3.38. The van der Waals surface area contributed by atoms with E-state index in [0.717, 1.165) is 40.1 Å². The van der Waals surface area contributed by atoms with E-state index >= 15 is 0 Å². The van der Waals surface area contributed by atoms with Crippen LogP contribution in [0.1, 0.15) is 31.7 Å². The number of rotatable bonds is 6. The summed E-state index contributed by atoms with van der Waals surface area (Å²) in [6, 6.07) is 18.1. The average Bonchev–Trinajstić information content (AvgIpc) is 3.10. The summed E-state index contributed by atoms with van der Waals surface area (Å²) in [4.78, 5) is 5.55. The number of nitrogens with two attached hydrogens (primary N) is 1. The first-order valence-corrected chi connectivity index (χ1v) is 11.8. The molecular formula is C21H23N3O2S2. The molecule has 0 unspecified atom stereocenters. The molecule has 0 atom stereocenters. The first-order valence-electron chi connectivity index (χ1n) is 9.37. The van der Waals surface area contributed by atoms with Gasteiger partial charge < -0.3 is 5.73 Å². The Morgan fingerprint density at radius 2 is 1.75 bits per heavy atom. The predicted molar refractivity (Wildman–Crippen MR) is 116 cm³/mol. The fourth-order valence-electron chi connectivity index (χ4n) is 3.36. The second-order valence-corrected chi connectivity index (χ2v) is 10.2. The second-order valence-electron chi connectivity index (χ2n) is 7.16. The molecule has 1 aromatic heterocycles. The number of hydrogen-bond donors (Lipinski definition) is 2. The van der Waals surface area contributed by atoms with E-state index in [9.17, 15) is 8.42 Å². The number of hydrogen-bond acceptors (Lipinski definition) is 5. The minimum atomic E-state index is -3.38. The largest absolute Gasteiger partial charge is 0.321 e. The van der Waals surface area contributed by atoms with Crippen LogP contribution >= 0.6 is 11.3 Å². The summed E-state index contributed by atoms with van der Waals surface area (Å²) in [5, 5.41) is 0.383. The molecule has 2 aromatic carbocycles. The molecule has 4 rings (SSSR count). The van der Waals surface area contributed by atoms with E-state index in [1.165, 1.54) is 17.8 Å². The molecule has 0 radical (unpaired) electrons. The van der Waals surface area contributed by atoms with Gasteiger partial charge in [0, 0.05) is 11.1 Å². The van der Waals surface area contributed by atoms with Crippen LogP contribution in [0.3, 0.4) is 0 Å². The van der Waals surface area contributed by atoms with Gasteiger partial charge in [-0.3, -0.25) is 4.72 Å². The van der Waals surface area contributed by atoms with Gasteiger partial charge in [0.25, 0.3) is 0 Å². The van der Waals surface area contributed by atoms with Gasteiger partial charge in [-0.05, 0) is 37.3 Å². The Kier molecular flexibility index (Phi) is 4.99. The maximum Gasteiger partial charge on any atom is 0.234 e. The molecule has 0 amide bonds. The first-order chi connectivity index (χ1) is 13.4. The number of nitrogens with zero attached hydrogens (tertiary/aromatic N) is 1. The third-order valence-electron chi connectivity index (χ3n) is 5.27. The molecule has 1 fully saturated rings. The van der Waals surface area contributed by atoms with Gasteiger partial charge in [-0.25, -0.2) is 13.4 Å². The van der Waals surface area contributed by atoms with Gasteiger partial charge >= 0.3 is 0 Å². The lowest BCUT2D eigenvalue weighted by molar-refractivity contribution is 0.253. The zero-order valence-electron chi connectivity index (χ0n) is 15.7. The lowest BCUT2D eigenvalue weighted by atomic mass is 9.72. The molecule has 1 aliphatic carbocycles. The number of thiazole rings is 1. The van der Waals surface area contributed by atoms with Crippen molar-refractivity contribution in [3.63, 3.8) is 0 Å². The van der Waals surface area contributed by atoms with Crippen molar-refractivity contribution in [2.75, 3.05) is 10.5 Å². The molecule has 28 heavy (non-hydrogen) atoms. The van der Waals surface area contributed by atoms with Crippen molar-refractivity contribution >= 4 is 26.5 Å². The highest BCUT2D eigenvalue weighted by molar-refractivity contribution is 7.92. The SMILES string of the molecule is CCS(=O)(=O)Nc1nc(-c2ccc(C3(N)CCC3)cc2)c(-c2ccccc2)s1. The van der Waals surface area contributed by atoms with Crippen LogP contribution in [0.25, 0.3) is 21.7 Å². The summed E-state index contributed by atoms with van der Waals surface area (Å²) in [6.45, 7) is 1.61. The molecule has 3 N–H and O–H groups in total. The Bertz CT molecular complexity index is 1070. The quantitative estimate of drug-likeness (QED) is 0.619. The number of anilines is 1. The van der Waals surface area contributed by atoms with Crippen molar-refractivity contribution in [1.82, 2.24) is 4.98 Å². The average molecular weight is 414 g/mol. The fourth-order valence-corrected chi connectivity index (χ4v) is 5.20. The Hall–Kier alpha value is -2.22. The van der Waals surface area contributed by atoms with Crippen LogP contribution < -0.4 is 10.5 Å². The lowest BCUT2D eigenvalue weighted by Crippen LogP contribution is -2.43. The summed E-state index contributed by atoms with van der Waals surface area (Å²) in [5.41, 5.74) is 10.1. The number of aromatic nitrogens is 1. The summed E-state index contributed by atoms with van der Waals surface area (Å²) >= 11 is 1.35. The van der Waals surface area contributed by atoms with E-state index in [1.54, 1.807) is 6.92 Å². The maximum atomic E-state index is 12.0. The van der Waals surface area contributed by atoms with Crippen molar-refractivity contribution in [3.05, 3.63) is 60.2 Å². The number of benzene rings is 2. The van der Waals surface area contributed by atoms with E-state index in [0.29, 0.717) is 5.13 Å². The van der Waals surface area contributed by atoms with E-state index in [1.807, 2.05) is 42.5 Å². The molecule has 146 valence electrons. The van der Waals surface area contributed by atoms with Crippen molar-refractivity contribution in [1.29, 1.82) is 0 Å². The van der Waals surface area contributed by atoms with Crippen LogP contribution in [-0.4, -0.2) is 19.2 Å². The highest BCUT2D eigenvalue weighted by Gasteiger charge is 2.34. The van der Waals surface area contributed by atoms with Gasteiger partial charge in [0.2, 0.25) is 10.0 Å². The molecule has 1 aliphatic rings. The molecule has 7 heteroatoms. The second kappa shape index (κ2) is 7.31. The summed E-state index contributed by atoms with van der Waals surface area (Å²) < 4.78 is 26.6. The monoisotopic (exact) mass is 413 g/mol. The van der Waals surface area contributed by atoms with Crippen LogP contribution in [0, 0.1) is 0 Å². The van der Waals surface area contributed by atoms with Gasteiger partial charge in [0.05, 0.1) is 16.3 Å². The maximum absolute atomic E-state index is 12.0. The minimum Gasteiger partial charge on any atom is -0.321 e. The third kappa shape index (κ3) is 3.70. The van der Waals surface area contributed by atoms with Gasteiger partial charge in [-0.1, -0.05) is 65.9 Å². The van der Waals surface area contributed by atoms with E-state index in [4.69, 9.17) is 5.73 Å². The van der Waals surface area contributed by atoms with Crippen LogP contribution in [0.5, 0.6) is 0 Å². The zero-order chi connectivity index (χ0) is 19.8.